The molecule has 312 valence electrons. The van der Waals surface area contributed by atoms with Crippen LogP contribution in [0.2, 0.25) is 0 Å². The lowest BCUT2D eigenvalue weighted by Crippen LogP contribution is -2.60. The van der Waals surface area contributed by atoms with Gasteiger partial charge in [-0.25, -0.2) is 4.79 Å². The zero-order valence-corrected chi connectivity index (χ0v) is 31.6. The molecule has 1 saturated heterocycles. The van der Waals surface area contributed by atoms with Crippen LogP contribution in [-0.4, -0.2) is 147 Å². The molecule has 1 fully saturated rings. The summed E-state index contributed by atoms with van der Waals surface area (Å²) in [6, 6.07) is -9.62. The van der Waals surface area contributed by atoms with Gasteiger partial charge in [0.05, 0.1) is 25.7 Å². The van der Waals surface area contributed by atoms with Gasteiger partial charge in [0.2, 0.25) is 35.4 Å². The second kappa shape index (κ2) is 23.6. The summed E-state index contributed by atoms with van der Waals surface area (Å²) in [7, 11) is 0. The molecule has 55 heavy (non-hydrogen) atoms. The van der Waals surface area contributed by atoms with E-state index in [-0.39, 0.29) is 63.0 Å². The molecule has 15 N–H and O–H groups in total. The SMILES string of the molecule is CC(C)CC(NC(=O)C(N)CC(=O)O)C(=O)NC(CO)C(=O)NC(CCCNC(=N)N)C(=O)NC(CC(C)C)C(=O)N1CCCC1C(=O)NC(CO)C(=O)O. The third-order valence-corrected chi connectivity index (χ3v) is 8.46. The van der Waals surface area contributed by atoms with Crippen LogP contribution < -0.4 is 43.4 Å². The van der Waals surface area contributed by atoms with Gasteiger partial charge < -0.3 is 68.7 Å². The first kappa shape index (κ1) is 47.9. The molecule has 1 aliphatic rings. The van der Waals surface area contributed by atoms with Gasteiger partial charge in [0, 0.05) is 13.1 Å². The van der Waals surface area contributed by atoms with Gasteiger partial charge in [-0.1, -0.05) is 27.7 Å². The lowest BCUT2D eigenvalue weighted by molar-refractivity contribution is -0.146. The van der Waals surface area contributed by atoms with E-state index in [9.17, 15) is 53.7 Å². The van der Waals surface area contributed by atoms with Crippen LogP contribution in [0.3, 0.4) is 0 Å². The van der Waals surface area contributed by atoms with Crippen molar-refractivity contribution in [2.45, 2.75) is 115 Å². The monoisotopic (exact) mass is 786 g/mol. The normalized spacial score (nSPS) is 17.2. The molecule has 0 aromatic heterocycles. The number of hydrogen-bond acceptors (Lipinski definition) is 12. The summed E-state index contributed by atoms with van der Waals surface area (Å²) in [5, 5.41) is 59.6. The van der Waals surface area contributed by atoms with E-state index in [0.717, 1.165) is 0 Å². The molecule has 0 radical (unpaired) electrons. The highest BCUT2D eigenvalue weighted by Crippen LogP contribution is 2.21. The van der Waals surface area contributed by atoms with Crippen LogP contribution in [-0.2, 0) is 38.4 Å². The Morgan fingerprint density at radius 3 is 1.78 bits per heavy atom. The Morgan fingerprint density at radius 2 is 1.25 bits per heavy atom. The molecule has 1 aliphatic heterocycles. The third-order valence-electron chi connectivity index (χ3n) is 8.46. The van der Waals surface area contributed by atoms with Crippen molar-refractivity contribution in [1.29, 1.82) is 5.41 Å². The molecule has 7 unspecified atom stereocenters. The van der Waals surface area contributed by atoms with Crippen molar-refractivity contribution in [1.82, 2.24) is 36.8 Å². The summed E-state index contributed by atoms with van der Waals surface area (Å²) < 4.78 is 0. The van der Waals surface area contributed by atoms with Crippen LogP contribution >= 0.6 is 0 Å². The Balaban J connectivity index is 3.27. The predicted octanol–water partition coefficient (Wildman–Crippen LogP) is -4.37. The van der Waals surface area contributed by atoms with E-state index in [2.05, 4.69) is 31.9 Å². The fourth-order valence-corrected chi connectivity index (χ4v) is 5.72. The summed E-state index contributed by atoms with van der Waals surface area (Å²) in [6.45, 7) is 5.48. The van der Waals surface area contributed by atoms with Crippen LogP contribution in [0.15, 0.2) is 0 Å². The highest BCUT2D eigenvalue weighted by molar-refractivity contribution is 5.97. The van der Waals surface area contributed by atoms with Crippen molar-refractivity contribution in [2.75, 3.05) is 26.3 Å². The number of nitrogens with zero attached hydrogens (tertiary/aromatic N) is 1. The number of nitrogens with two attached hydrogens (primary N) is 2. The lowest BCUT2D eigenvalue weighted by atomic mass is 10.0. The number of carbonyl (C=O) groups is 8. The van der Waals surface area contributed by atoms with Crippen molar-refractivity contribution in [3.8, 4) is 0 Å². The van der Waals surface area contributed by atoms with Crippen LogP contribution in [0, 0.1) is 17.2 Å². The number of aliphatic hydroxyl groups excluding tert-OH is 2. The smallest absolute Gasteiger partial charge is 0.328 e. The van der Waals surface area contributed by atoms with E-state index >= 15 is 0 Å². The largest absolute Gasteiger partial charge is 0.481 e. The van der Waals surface area contributed by atoms with Crippen molar-refractivity contribution < 1.29 is 58.8 Å². The van der Waals surface area contributed by atoms with Crippen LogP contribution in [0.4, 0.5) is 0 Å². The first-order valence-electron chi connectivity index (χ1n) is 18.0. The summed E-state index contributed by atoms with van der Waals surface area (Å²) in [5.41, 5.74) is 11.0. The number of carboxylic acid groups (broad SMARTS) is 2. The van der Waals surface area contributed by atoms with Gasteiger partial charge in [0.25, 0.3) is 0 Å². The number of carbonyl (C=O) groups excluding carboxylic acids is 6. The van der Waals surface area contributed by atoms with Gasteiger partial charge >= 0.3 is 11.9 Å². The molecular weight excluding hydrogens is 728 g/mol. The second-order valence-corrected chi connectivity index (χ2v) is 14.1. The summed E-state index contributed by atoms with van der Waals surface area (Å²) in [4.78, 5) is 103. The summed E-state index contributed by atoms with van der Waals surface area (Å²) in [5.74, 6) is -8.57. The fourth-order valence-electron chi connectivity index (χ4n) is 5.72. The Hall–Kier alpha value is -5.09. The van der Waals surface area contributed by atoms with Crippen molar-refractivity contribution in [3.63, 3.8) is 0 Å². The molecule has 0 spiro atoms. The lowest BCUT2D eigenvalue weighted by Gasteiger charge is -2.31. The second-order valence-electron chi connectivity index (χ2n) is 14.1. The maximum Gasteiger partial charge on any atom is 0.328 e. The molecule has 0 aliphatic carbocycles. The molecule has 1 heterocycles. The maximum absolute atomic E-state index is 13.9. The maximum atomic E-state index is 13.9. The van der Waals surface area contributed by atoms with E-state index in [1.807, 2.05) is 0 Å². The molecule has 22 nitrogen and oxygen atoms in total. The summed E-state index contributed by atoms with van der Waals surface area (Å²) in [6.07, 6.45) is 0.139. The van der Waals surface area contributed by atoms with Gasteiger partial charge in [0.1, 0.15) is 36.3 Å². The van der Waals surface area contributed by atoms with Crippen molar-refractivity contribution >= 4 is 53.3 Å². The molecule has 0 saturated carbocycles. The quantitative estimate of drug-likeness (QED) is 0.0250. The number of nitrogens with one attached hydrogen (secondary N) is 7. The molecule has 6 amide bonds. The molecule has 1 rings (SSSR count). The van der Waals surface area contributed by atoms with Crippen LogP contribution in [0.5, 0.6) is 0 Å². The molecule has 7 atom stereocenters. The number of carboxylic acids is 2. The number of amides is 6. The molecule has 0 bridgehead atoms. The van der Waals surface area contributed by atoms with Crippen LogP contribution in [0.25, 0.3) is 0 Å². The van der Waals surface area contributed by atoms with Gasteiger partial charge in [0.15, 0.2) is 5.96 Å². The predicted molar refractivity (Wildman–Crippen MR) is 194 cm³/mol. The Kier molecular flexibility index (Phi) is 20.6. The van der Waals surface area contributed by atoms with Crippen molar-refractivity contribution in [3.05, 3.63) is 0 Å². The van der Waals surface area contributed by atoms with E-state index in [0.29, 0.717) is 6.42 Å². The van der Waals surface area contributed by atoms with Gasteiger partial charge in [-0.2, -0.15) is 0 Å². The van der Waals surface area contributed by atoms with E-state index in [1.54, 1.807) is 27.7 Å². The highest BCUT2D eigenvalue weighted by atomic mass is 16.4. The first-order chi connectivity index (χ1) is 25.7. The van der Waals surface area contributed by atoms with Crippen molar-refractivity contribution in [2.24, 2.45) is 23.3 Å². The minimum Gasteiger partial charge on any atom is -0.481 e. The minimum absolute atomic E-state index is 0.0533. The fraction of sp³-hybridized carbons (Fsp3) is 0.727. The third kappa shape index (κ3) is 16.9. The van der Waals surface area contributed by atoms with Crippen LogP contribution in [0.1, 0.15) is 72.6 Å². The Bertz CT molecular complexity index is 1380. The van der Waals surface area contributed by atoms with Gasteiger partial charge in [-0.3, -0.25) is 39.0 Å². The average Bonchev–Trinajstić information content (AvgIpc) is 3.59. The summed E-state index contributed by atoms with van der Waals surface area (Å²) >= 11 is 0. The van der Waals surface area contributed by atoms with E-state index in [1.165, 1.54) is 4.90 Å². The zero-order chi connectivity index (χ0) is 42.0. The number of likely N-dealkylation sites (tertiary alicyclic amines) is 1. The molecular formula is C33H58N10O12. The number of guanidine groups is 1. The Morgan fingerprint density at radius 1 is 0.745 bits per heavy atom. The number of aliphatic carboxylic acids is 2. The van der Waals surface area contributed by atoms with E-state index < -0.39 is 109 Å². The van der Waals surface area contributed by atoms with Gasteiger partial charge in [-0.05, 0) is 50.4 Å². The zero-order valence-electron chi connectivity index (χ0n) is 31.6. The standard InChI is InChI=1S/C33H58N10O12/c1-16(2)11-20(39-26(48)18(34)13-25(46)47)28(50)41-22(14-44)29(51)38-19(7-5-9-37-33(35)36)27(49)40-21(12-17(3)4)31(53)43-10-6-8-24(43)30(52)42-23(15-45)32(54)55/h16-24,44-45H,5-15,34H2,1-4H3,(H,38,51)(H,39,48)(H,40,49)(H,41,50)(H,42,52)(H,46,47)(H,54,55)(H4,35,36,37). The Labute approximate surface area is 318 Å². The molecule has 22 heteroatoms. The average molecular weight is 787 g/mol. The van der Waals surface area contributed by atoms with E-state index in [4.69, 9.17) is 22.0 Å². The topological polar surface area (TPSA) is 369 Å². The molecule has 0 aromatic rings. The minimum atomic E-state index is -1.64. The number of aliphatic hydroxyl groups is 2. The number of hydrogen-bond donors (Lipinski definition) is 13. The molecule has 0 aromatic carbocycles. The first-order valence-corrected chi connectivity index (χ1v) is 18.0. The number of rotatable bonds is 24. The van der Waals surface area contributed by atoms with Gasteiger partial charge in [-0.15, -0.1) is 0 Å². The highest BCUT2D eigenvalue weighted by Gasteiger charge is 2.40.